The molecule has 104 valence electrons. The number of rotatable bonds is 6. The maximum absolute atomic E-state index is 11.7. The summed E-state index contributed by atoms with van der Waals surface area (Å²) in [5.74, 6) is -0.374. The standard InChI is InChI=1S/C14H21N3O2/c1-11(16-12(2)18)14(19)15-9-10-17(3)13-7-5-4-6-8-13/h4-8,11H,9-10H2,1-3H3,(H,15,19)(H,16,18). The zero-order valence-electron chi connectivity index (χ0n) is 11.6. The van der Waals surface area contributed by atoms with E-state index in [4.69, 9.17) is 0 Å². The van der Waals surface area contributed by atoms with Gasteiger partial charge >= 0.3 is 0 Å². The van der Waals surface area contributed by atoms with Crippen LogP contribution in [-0.4, -0.2) is 38.0 Å². The molecule has 0 aromatic heterocycles. The molecule has 0 saturated heterocycles. The van der Waals surface area contributed by atoms with Gasteiger partial charge in [-0.3, -0.25) is 9.59 Å². The molecule has 2 amide bonds. The number of nitrogens with zero attached hydrogens (tertiary/aromatic N) is 1. The summed E-state index contributed by atoms with van der Waals surface area (Å²) in [6.45, 7) is 4.31. The van der Waals surface area contributed by atoms with E-state index in [2.05, 4.69) is 15.5 Å². The number of hydrogen-bond donors (Lipinski definition) is 2. The van der Waals surface area contributed by atoms with E-state index in [0.717, 1.165) is 5.69 Å². The van der Waals surface area contributed by atoms with Gasteiger partial charge in [-0.05, 0) is 19.1 Å². The van der Waals surface area contributed by atoms with Crippen molar-refractivity contribution in [2.45, 2.75) is 19.9 Å². The van der Waals surface area contributed by atoms with Crippen LogP contribution < -0.4 is 15.5 Å². The van der Waals surface area contributed by atoms with Gasteiger partial charge in [0.05, 0.1) is 0 Å². The zero-order chi connectivity index (χ0) is 14.3. The van der Waals surface area contributed by atoms with E-state index in [1.807, 2.05) is 37.4 Å². The second kappa shape index (κ2) is 7.41. The first-order valence-electron chi connectivity index (χ1n) is 6.31. The molecule has 1 aromatic carbocycles. The van der Waals surface area contributed by atoms with Gasteiger partial charge < -0.3 is 15.5 Å². The Morgan fingerprint density at radius 3 is 2.47 bits per heavy atom. The highest BCUT2D eigenvalue weighted by atomic mass is 16.2. The second-order valence-corrected chi connectivity index (χ2v) is 4.47. The lowest BCUT2D eigenvalue weighted by Gasteiger charge is -2.20. The molecular formula is C14H21N3O2. The van der Waals surface area contributed by atoms with Crippen LogP contribution in [0.1, 0.15) is 13.8 Å². The first-order chi connectivity index (χ1) is 9.00. The minimum Gasteiger partial charge on any atom is -0.373 e. The predicted octanol–water partition coefficient (Wildman–Crippen LogP) is 0.764. The van der Waals surface area contributed by atoms with E-state index in [-0.39, 0.29) is 11.8 Å². The number of likely N-dealkylation sites (N-methyl/N-ethyl adjacent to an activating group) is 1. The lowest BCUT2D eigenvalue weighted by molar-refractivity contribution is -0.127. The molecule has 1 unspecified atom stereocenters. The fourth-order valence-corrected chi connectivity index (χ4v) is 1.68. The van der Waals surface area contributed by atoms with Crippen LogP contribution in [0.25, 0.3) is 0 Å². The van der Waals surface area contributed by atoms with E-state index in [0.29, 0.717) is 13.1 Å². The monoisotopic (exact) mass is 263 g/mol. The number of carbonyl (C=O) groups excluding carboxylic acids is 2. The molecule has 0 aliphatic heterocycles. The van der Waals surface area contributed by atoms with Gasteiger partial charge in [0.15, 0.2) is 0 Å². The zero-order valence-corrected chi connectivity index (χ0v) is 11.6. The first-order valence-corrected chi connectivity index (χ1v) is 6.31. The SMILES string of the molecule is CC(=O)NC(C)C(=O)NCCN(C)c1ccccc1. The molecule has 1 aromatic rings. The molecule has 19 heavy (non-hydrogen) atoms. The quantitative estimate of drug-likeness (QED) is 0.796. The highest BCUT2D eigenvalue weighted by molar-refractivity contribution is 5.86. The van der Waals surface area contributed by atoms with Crippen molar-refractivity contribution in [3.05, 3.63) is 30.3 Å². The van der Waals surface area contributed by atoms with Crippen molar-refractivity contribution in [1.82, 2.24) is 10.6 Å². The number of hydrogen-bond acceptors (Lipinski definition) is 3. The number of anilines is 1. The van der Waals surface area contributed by atoms with Gasteiger partial charge in [-0.1, -0.05) is 18.2 Å². The molecule has 0 fully saturated rings. The molecule has 0 bridgehead atoms. The van der Waals surface area contributed by atoms with Gasteiger partial charge in [-0.15, -0.1) is 0 Å². The number of benzene rings is 1. The van der Waals surface area contributed by atoms with Crippen molar-refractivity contribution in [2.75, 3.05) is 25.0 Å². The lowest BCUT2D eigenvalue weighted by atomic mass is 10.3. The highest BCUT2D eigenvalue weighted by Gasteiger charge is 2.12. The summed E-state index contributed by atoms with van der Waals surface area (Å²) in [5, 5.41) is 5.34. The van der Waals surface area contributed by atoms with E-state index in [1.165, 1.54) is 6.92 Å². The maximum atomic E-state index is 11.7. The van der Waals surface area contributed by atoms with Crippen LogP contribution in [0.15, 0.2) is 30.3 Å². The van der Waals surface area contributed by atoms with Crippen LogP contribution in [-0.2, 0) is 9.59 Å². The highest BCUT2D eigenvalue weighted by Crippen LogP contribution is 2.09. The van der Waals surface area contributed by atoms with Crippen molar-refractivity contribution in [1.29, 1.82) is 0 Å². The molecular weight excluding hydrogens is 242 g/mol. The predicted molar refractivity (Wildman–Crippen MR) is 76.0 cm³/mol. The fourth-order valence-electron chi connectivity index (χ4n) is 1.68. The Morgan fingerprint density at radius 2 is 1.89 bits per heavy atom. The summed E-state index contributed by atoms with van der Waals surface area (Å²) in [6.07, 6.45) is 0. The average molecular weight is 263 g/mol. The Labute approximate surface area is 114 Å². The van der Waals surface area contributed by atoms with Crippen molar-refractivity contribution in [3.63, 3.8) is 0 Å². The summed E-state index contributed by atoms with van der Waals surface area (Å²) in [4.78, 5) is 24.5. The Bertz CT molecular complexity index is 420. The molecule has 5 heteroatoms. The maximum Gasteiger partial charge on any atom is 0.242 e. The molecule has 5 nitrogen and oxygen atoms in total. The van der Waals surface area contributed by atoms with Crippen molar-refractivity contribution < 1.29 is 9.59 Å². The molecule has 1 atom stereocenters. The molecule has 0 radical (unpaired) electrons. The van der Waals surface area contributed by atoms with E-state index in [1.54, 1.807) is 6.92 Å². The topological polar surface area (TPSA) is 61.4 Å². The molecule has 0 spiro atoms. The summed E-state index contributed by atoms with van der Waals surface area (Å²) in [5.41, 5.74) is 1.10. The number of carbonyl (C=O) groups is 2. The van der Waals surface area contributed by atoms with Gasteiger partial charge in [0.25, 0.3) is 0 Å². The lowest BCUT2D eigenvalue weighted by Crippen LogP contribution is -2.45. The molecule has 1 rings (SSSR count). The normalized spacial score (nSPS) is 11.5. The Kier molecular flexibility index (Phi) is 5.85. The molecule has 0 saturated carbocycles. The summed E-state index contributed by atoms with van der Waals surface area (Å²) >= 11 is 0. The van der Waals surface area contributed by atoms with E-state index < -0.39 is 6.04 Å². The largest absolute Gasteiger partial charge is 0.373 e. The third-order valence-electron chi connectivity index (χ3n) is 2.76. The van der Waals surface area contributed by atoms with Crippen LogP contribution >= 0.6 is 0 Å². The van der Waals surface area contributed by atoms with Gasteiger partial charge in [0.1, 0.15) is 6.04 Å². The number of nitrogens with one attached hydrogen (secondary N) is 2. The van der Waals surface area contributed by atoms with Crippen LogP contribution in [0.3, 0.4) is 0 Å². The van der Waals surface area contributed by atoms with Crippen molar-refractivity contribution >= 4 is 17.5 Å². The summed E-state index contributed by atoms with van der Waals surface area (Å²) in [6, 6.07) is 9.45. The summed E-state index contributed by atoms with van der Waals surface area (Å²) < 4.78 is 0. The summed E-state index contributed by atoms with van der Waals surface area (Å²) in [7, 11) is 1.97. The van der Waals surface area contributed by atoms with Crippen LogP contribution in [0, 0.1) is 0 Å². The minimum atomic E-state index is -0.500. The van der Waals surface area contributed by atoms with Gasteiger partial charge in [0.2, 0.25) is 11.8 Å². The van der Waals surface area contributed by atoms with E-state index >= 15 is 0 Å². The second-order valence-electron chi connectivity index (χ2n) is 4.47. The third kappa shape index (κ3) is 5.42. The smallest absolute Gasteiger partial charge is 0.242 e. The minimum absolute atomic E-state index is 0.170. The van der Waals surface area contributed by atoms with Crippen LogP contribution in [0.2, 0.25) is 0 Å². The molecule has 0 aliphatic rings. The van der Waals surface area contributed by atoms with Crippen LogP contribution in [0.5, 0.6) is 0 Å². The molecule has 0 aliphatic carbocycles. The molecule has 0 heterocycles. The fraction of sp³-hybridized carbons (Fsp3) is 0.429. The first kappa shape index (κ1) is 15.0. The van der Waals surface area contributed by atoms with Crippen molar-refractivity contribution in [3.8, 4) is 0 Å². The van der Waals surface area contributed by atoms with Gasteiger partial charge in [0, 0.05) is 32.7 Å². The molecule has 2 N–H and O–H groups in total. The van der Waals surface area contributed by atoms with E-state index in [9.17, 15) is 9.59 Å². The average Bonchev–Trinajstić information content (AvgIpc) is 2.38. The van der Waals surface area contributed by atoms with Gasteiger partial charge in [-0.25, -0.2) is 0 Å². The van der Waals surface area contributed by atoms with Crippen molar-refractivity contribution in [2.24, 2.45) is 0 Å². The Hall–Kier alpha value is -2.04. The third-order valence-corrected chi connectivity index (χ3v) is 2.76. The number of amides is 2. The Balaban J connectivity index is 2.30. The Morgan fingerprint density at radius 1 is 1.26 bits per heavy atom. The van der Waals surface area contributed by atoms with Crippen LogP contribution in [0.4, 0.5) is 5.69 Å². The van der Waals surface area contributed by atoms with Gasteiger partial charge in [-0.2, -0.15) is 0 Å². The number of para-hydroxylation sites is 1.